The van der Waals surface area contributed by atoms with Crippen LogP contribution in [0.25, 0.3) is 11.3 Å². The van der Waals surface area contributed by atoms with Crippen LogP contribution in [-0.2, 0) is 0 Å². The third kappa shape index (κ3) is 4.07. The van der Waals surface area contributed by atoms with Crippen LogP contribution in [0.4, 0.5) is 0 Å². The molecule has 2 heterocycles. The Hall–Kier alpha value is -1.88. The molecule has 0 bridgehead atoms. The van der Waals surface area contributed by atoms with Crippen LogP contribution < -0.4 is 5.43 Å². The Kier molecular flexibility index (Phi) is 5.06. The lowest BCUT2D eigenvalue weighted by molar-refractivity contribution is 0.574. The van der Waals surface area contributed by atoms with Crippen LogP contribution in [0.1, 0.15) is 31.4 Å². The van der Waals surface area contributed by atoms with Crippen LogP contribution in [0.2, 0.25) is 0 Å². The number of rotatable bonds is 3. The third-order valence-electron chi connectivity index (χ3n) is 3.52. The number of aliphatic imine (C=N–C) groups is 1. The molecule has 1 aromatic heterocycles. The van der Waals surface area contributed by atoms with E-state index in [-0.39, 0.29) is 0 Å². The number of hydrazone groups is 1. The summed E-state index contributed by atoms with van der Waals surface area (Å²) >= 11 is 3.43. The molecule has 3 rings (SSSR count). The summed E-state index contributed by atoms with van der Waals surface area (Å²) in [5.74, 6) is 2.52. The van der Waals surface area contributed by atoms with Gasteiger partial charge >= 0.3 is 0 Å². The zero-order valence-electron chi connectivity index (χ0n) is 12.3. The molecule has 0 fully saturated rings. The first kappa shape index (κ1) is 15.0. The number of furan rings is 1. The van der Waals surface area contributed by atoms with Crippen LogP contribution in [0, 0.1) is 0 Å². The SMILES string of the molecule is Brc1ccc(-c2ccc(/C=N/NC3=NCCCCC3)o2)cc1. The molecule has 1 aliphatic heterocycles. The number of hydrogen-bond acceptors (Lipinski definition) is 4. The molecule has 0 radical (unpaired) electrons. The molecule has 1 aliphatic rings. The van der Waals surface area contributed by atoms with Gasteiger partial charge in [0.05, 0.1) is 6.21 Å². The van der Waals surface area contributed by atoms with Crippen LogP contribution in [0.15, 0.2) is 55.4 Å². The topological polar surface area (TPSA) is 49.9 Å². The van der Waals surface area contributed by atoms with Crippen molar-refractivity contribution in [2.24, 2.45) is 10.1 Å². The van der Waals surface area contributed by atoms with Crippen molar-refractivity contribution >= 4 is 28.0 Å². The van der Waals surface area contributed by atoms with Crippen molar-refractivity contribution in [1.82, 2.24) is 5.43 Å². The largest absolute Gasteiger partial charge is 0.455 e. The van der Waals surface area contributed by atoms with Crippen molar-refractivity contribution < 1.29 is 4.42 Å². The second kappa shape index (κ2) is 7.40. The number of benzene rings is 1. The lowest BCUT2D eigenvalue weighted by atomic mass is 10.2. The van der Waals surface area contributed by atoms with Crippen molar-refractivity contribution in [2.45, 2.75) is 25.7 Å². The van der Waals surface area contributed by atoms with E-state index in [1.54, 1.807) is 6.21 Å². The molecule has 0 atom stereocenters. The fraction of sp³-hybridized carbons (Fsp3) is 0.294. The highest BCUT2D eigenvalue weighted by Crippen LogP contribution is 2.23. The zero-order valence-corrected chi connectivity index (χ0v) is 13.8. The highest BCUT2D eigenvalue weighted by Gasteiger charge is 2.04. The van der Waals surface area contributed by atoms with Crippen molar-refractivity contribution in [1.29, 1.82) is 0 Å². The lowest BCUT2D eigenvalue weighted by Crippen LogP contribution is -2.17. The quantitative estimate of drug-likeness (QED) is 0.642. The van der Waals surface area contributed by atoms with Crippen molar-refractivity contribution in [3.05, 3.63) is 46.6 Å². The van der Waals surface area contributed by atoms with Crippen molar-refractivity contribution in [3.63, 3.8) is 0 Å². The van der Waals surface area contributed by atoms with Crippen LogP contribution in [0.5, 0.6) is 0 Å². The monoisotopic (exact) mass is 359 g/mol. The Balaban J connectivity index is 1.62. The van der Waals surface area contributed by atoms with Crippen LogP contribution in [0.3, 0.4) is 0 Å². The van der Waals surface area contributed by atoms with Crippen LogP contribution >= 0.6 is 15.9 Å². The standard InChI is InChI=1S/C17H18BrN3O/c18-14-7-5-13(6-8-14)16-10-9-15(22-16)12-20-21-17-4-2-1-3-11-19-17/h5-10,12H,1-4,11H2,(H,19,21)/b20-12+. The maximum Gasteiger partial charge on any atom is 0.147 e. The van der Waals surface area contributed by atoms with Crippen molar-refractivity contribution in [3.8, 4) is 11.3 Å². The number of hydrogen-bond donors (Lipinski definition) is 1. The summed E-state index contributed by atoms with van der Waals surface area (Å²) in [6.07, 6.45) is 6.25. The van der Waals surface area contributed by atoms with Gasteiger partial charge in [0, 0.05) is 23.0 Å². The number of nitrogens with one attached hydrogen (secondary N) is 1. The zero-order chi connectivity index (χ0) is 15.2. The molecule has 5 heteroatoms. The summed E-state index contributed by atoms with van der Waals surface area (Å²) in [7, 11) is 0. The molecule has 1 aromatic carbocycles. The maximum absolute atomic E-state index is 5.78. The van der Waals surface area contributed by atoms with E-state index >= 15 is 0 Å². The smallest absolute Gasteiger partial charge is 0.147 e. The summed E-state index contributed by atoms with van der Waals surface area (Å²) in [6, 6.07) is 11.9. The summed E-state index contributed by atoms with van der Waals surface area (Å²) in [5.41, 5.74) is 4.07. The molecule has 2 aromatic rings. The molecule has 1 N–H and O–H groups in total. The second-order valence-corrected chi connectivity index (χ2v) is 6.13. The Morgan fingerprint density at radius 3 is 2.82 bits per heavy atom. The first-order valence-electron chi connectivity index (χ1n) is 7.49. The molecular weight excluding hydrogens is 342 g/mol. The molecule has 0 saturated carbocycles. The van der Waals surface area contributed by atoms with E-state index in [0.717, 1.165) is 40.4 Å². The molecule has 0 unspecified atom stereocenters. The van der Waals surface area contributed by atoms with E-state index in [9.17, 15) is 0 Å². The molecule has 114 valence electrons. The van der Waals surface area contributed by atoms with Gasteiger partial charge < -0.3 is 4.42 Å². The Bertz CT molecular complexity index is 673. The predicted octanol–water partition coefficient (Wildman–Crippen LogP) is 4.61. The highest BCUT2D eigenvalue weighted by atomic mass is 79.9. The molecule has 22 heavy (non-hydrogen) atoms. The first-order valence-corrected chi connectivity index (χ1v) is 8.29. The Morgan fingerprint density at radius 1 is 1.09 bits per heavy atom. The first-order chi connectivity index (χ1) is 10.8. The van der Waals surface area contributed by atoms with Gasteiger partial charge in [-0.05, 0) is 37.1 Å². The highest BCUT2D eigenvalue weighted by molar-refractivity contribution is 9.10. The summed E-state index contributed by atoms with van der Waals surface area (Å²) < 4.78 is 6.83. The van der Waals surface area contributed by atoms with E-state index in [2.05, 4.69) is 31.4 Å². The van der Waals surface area contributed by atoms with Gasteiger partial charge in [0.1, 0.15) is 17.4 Å². The van der Waals surface area contributed by atoms with Gasteiger partial charge in [-0.1, -0.05) is 34.5 Å². The third-order valence-corrected chi connectivity index (χ3v) is 4.04. The van der Waals surface area contributed by atoms with Crippen molar-refractivity contribution in [2.75, 3.05) is 6.54 Å². The van der Waals surface area contributed by atoms with Gasteiger partial charge in [0.2, 0.25) is 0 Å². The maximum atomic E-state index is 5.78. The van der Waals surface area contributed by atoms with Gasteiger partial charge in [-0.3, -0.25) is 10.4 Å². The summed E-state index contributed by atoms with van der Waals surface area (Å²) in [4.78, 5) is 4.47. The number of halogens is 1. The Morgan fingerprint density at radius 2 is 1.95 bits per heavy atom. The molecule has 0 aliphatic carbocycles. The van der Waals surface area contributed by atoms with Gasteiger partial charge in [-0.2, -0.15) is 5.10 Å². The molecular formula is C17H18BrN3O. The van der Waals surface area contributed by atoms with Gasteiger partial charge in [-0.15, -0.1) is 0 Å². The van der Waals surface area contributed by atoms with Crippen LogP contribution in [-0.4, -0.2) is 18.6 Å². The van der Waals surface area contributed by atoms with E-state index in [4.69, 9.17) is 4.42 Å². The minimum Gasteiger partial charge on any atom is -0.455 e. The molecule has 4 nitrogen and oxygen atoms in total. The van der Waals surface area contributed by atoms with Gasteiger partial charge in [0.25, 0.3) is 0 Å². The second-order valence-electron chi connectivity index (χ2n) is 5.22. The van der Waals surface area contributed by atoms with E-state index in [1.807, 2.05) is 36.4 Å². The van der Waals surface area contributed by atoms with Gasteiger partial charge in [0.15, 0.2) is 0 Å². The minimum atomic E-state index is 0.722. The number of amidine groups is 1. The molecule has 0 spiro atoms. The predicted molar refractivity (Wildman–Crippen MR) is 93.3 cm³/mol. The fourth-order valence-corrected chi connectivity index (χ4v) is 2.59. The Labute approximate surface area is 138 Å². The summed E-state index contributed by atoms with van der Waals surface area (Å²) in [5, 5.41) is 4.22. The van der Waals surface area contributed by atoms with E-state index in [0.29, 0.717) is 0 Å². The minimum absolute atomic E-state index is 0.722. The van der Waals surface area contributed by atoms with Gasteiger partial charge in [-0.25, -0.2) is 0 Å². The molecule has 0 saturated heterocycles. The lowest BCUT2D eigenvalue weighted by Gasteiger charge is -2.01. The number of nitrogens with zero attached hydrogens (tertiary/aromatic N) is 2. The average Bonchev–Trinajstić information content (AvgIpc) is 2.84. The normalized spacial score (nSPS) is 15.6. The average molecular weight is 360 g/mol. The molecule has 0 amide bonds. The fourth-order valence-electron chi connectivity index (χ4n) is 2.33. The van der Waals surface area contributed by atoms with E-state index < -0.39 is 0 Å². The van der Waals surface area contributed by atoms with E-state index in [1.165, 1.54) is 19.3 Å². The summed E-state index contributed by atoms with van der Waals surface area (Å²) in [6.45, 7) is 0.895.